The van der Waals surface area contributed by atoms with Crippen molar-refractivity contribution in [1.82, 2.24) is 0 Å². The summed E-state index contributed by atoms with van der Waals surface area (Å²) in [5, 5.41) is 19.4. The van der Waals surface area contributed by atoms with E-state index in [1.54, 1.807) is 0 Å². The highest BCUT2D eigenvalue weighted by atomic mass is 79.9. The minimum atomic E-state index is -0.449. The van der Waals surface area contributed by atoms with Crippen molar-refractivity contribution in [2.75, 3.05) is 13.2 Å². The minimum Gasteiger partial charge on any atom is -0.492 e. The van der Waals surface area contributed by atoms with Gasteiger partial charge in [-0.25, -0.2) is 0 Å². The lowest BCUT2D eigenvalue weighted by molar-refractivity contribution is 0.125. The van der Waals surface area contributed by atoms with Crippen LogP contribution in [0.3, 0.4) is 0 Å². The van der Waals surface area contributed by atoms with Crippen molar-refractivity contribution in [1.29, 1.82) is 0 Å². The van der Waals surface area contributed by atoms with E-state index in [1.165, 1.54) is 0 Å². The van der Waals surface area contributed by atoms with Crippen molar-refractivity contribution in [3.05, 3.63) is 59.7 Å². The smallest absolute Gasteiger partial charge is 0.125 e. The molecular formula is C18H18Br2O4. The summed E-state index contributed by atoms with van der Waals surface area (Å²) in [5.74, 6) is 1.58. The van der Waals surface area contributed by atoms with Gasteiger partial charge in [-0.05, 0) is 12.1 Å². The molecule has 6 heteroatoms. The van der Waals surface area contributed by atoms with Crippen LogP contribution in [-0.2, 0) is 0 Å². The highest BCUT2D eigenvalue weighted by Gasteiger charge is 2.27. The van der Waals surface area contributed by atoms with Crippen LogP contribution in [0.5, 0.6) is 11.5 Å². The van der Waals surface area contributed by atoms with Crippen molar-refractivity contribution < 1.29 is 19.7 Å². The predicted octanol–water partition coefficient (Wildman–Crippen LogP) is 3.75. The fourth-order valence-electron chi connectivity index (χ4n) is 2.62. The Labute approximate surface area is 157 Å². The third-order valence-corrected chi connectivity index (χ3v) is 5.49. The Bertz CT molecular complexity index is 635. The number of halogens is 2. The molecule has 4 atom stereocenters. The summed E-state index contributed by atoms with van der Waals surface area (Å²) >= 11 is 6.70. The highest BCUT2D eigenvalue weighted by Crippen LogP contribution is 2.35. The Morgan fingerprint density at radius 3 is 1.50 bits per heavy atom. The van der Waals surface area contributed by atoms with Crippen LogP contribution in [0.15, 0.2) is 48.5 Å². The van der Waals surface area contributed by atoms with Crippen LogP contribution in [0, 0.1) is 0 Å². The number of aliphatic hydroxyl groups is 2. The molecular weight excluding hydrogens is 440 g/mol. The Hall–Kier alpha value is -1.08. The summed E-state index contributed by atoms with van der Waals surface area (Å²) in [4.78, 5) is 0.0137. The van der Waals surface area contributed by atoms with E-state index in [1.807, 2.05) is 48.5 Å². The van der Waals surface area contributed by atoms with Gasteiger partial charge in [0.1, 0.15) is 24.7 Å². The molecule has 0 fully saturated rings. The van der Waals surface area contributed by atoms with E-state index < -0.39 is 12.2 Å². The number of hydrogen-bond donors (Lipinski definition) is 2. The van der Waals surface area contributed by atoms with Crippen LogP contribution < -0.4 is 9.47 Å². The standard InChI is InChI=1S/2C9H9BrO2/c2*10-7-5-12-8-4-2-1-3-6(8)9(7)11/h2*1-4,7,9,11H,5H2. The van der Waals surface area contributed by atoms with Crippen LogP contribution in [0.2, 0.25) is 0 Å². The van der Waals surface area contributed by atoms with E-state index in [9.17, 15) is 10.2 Å². The maximum Gasteiger partial charge on any atom is 0.125 e. The van der Waals surface area contributed by atoms with Gasteiger partial charge >= 0.3 is 0 Å². The van der Waals surface area contributed by atoms with E-state index >= 15 is 0 Å². The second kappa shape index (κ2) is 7.87. The molecule has 0 radical (unpaired) electrons. The molecule has 0 saturated carbocycles. The molecule has 2 aromatic rings. The van der Waals surface area contributed by atoms with Gasteiger partial charge in [-0.2, -0.15) is 0 Å². The lowest BCUT2D eigenvalue weighted by atomic mass is 10.0. The zero-order valence-corrected chi connectivity index (χ0v) is 16.0. The maximum absolute atomic E-state index is 9.70. The molecule has 2 heterocycles. The Morgan fingerprint density at radius 1 is 0.708 bits per heavy atom. The first-order valence-electron chi connectivity index (χ1n) is 7.65. The molecule has 0 aromatic heterocycles. The second-order valence-electron chi connectivity index (χ2n) is 5.62. The van der Waals surface area contributed by atoms with Crippen LogP contribution in [0.25, 0.3) is 0 Å². The molecule has 4 rings (SSSR count). The SMILES string of the molecule is OC1c2ccccc2OCC1Br.OC1c2ccccc2OCC1Br. The molecule has 0 aliphatic carbocycles. The van der Waals surface area contributed by atoms with Crippen LogP contribution in [-0.4, -0.2) is 33.1 Å². The summed E-state index contributed by atoms with van der Waals surface area (Å²) in [6.45, 7) is 1.05. The van der Waals surface area contributed by atoms with Crippen LogP contribution in [0.1, 0.15) is 23.3 Å². The van der Waals surface area contributed by atoms with Gasteiger partial charge in [0.2, 0.25) is 0 Å². The van der Waals surface area contributed by atoms with E-state index in [2.05, 4.69) is 31.9 Å². The van der Waals surface area contributed by atoms with Gasteiger partial charge in [0, 0.05) is 11.1 Å². The molecule has 128 valence electrons. The zero-order chi connectivity index (χ0) is 17.1. The summed E-state index contributed by atoms with van der Waals surface area (Å²) in [6.07, 6.45) is -0.898. The first-order valence-corrected chi connectivity index (χ1v) is 9.48. The maximum atomic E-state index is 9.70. The molecule has 2 aliphatic rings. The topological polar surface area (TPSA) is 58.9 Å². The van der Waals surface area contributed by atoms with Crippen LogP contribution >= 0.6 is 31.9 Å². The number of para-hydroxylation sites is 2. The highest BCUT2D eigenvalue weighted by molar-refractivity contribution is 9.09. The van der Waals surface area contributed by atoms with Gasteiger partial charge in [-0.1, -0.05) is 68.3 Å². The number of rotatable bonds is 0. The summed E-state index contributed by atoms with van der Waals surface area (Å²) in [6, 6.07) is 15.1. The van der Waals surface area contributed by atoms with Gasteiger partial charge in [-0.3, -0.25) is 0 Å². The molecule has 0 amide bonds. The summed E-state index contributed by atoms with van der Waals surface area (Å²) < 4.78 is 10.8. The van der Waals surface area contributed by atoms with Crippen molar-refractivity contribution in [2.24, 2.45) is 0 Å². The lowest BCUT2D eigenvalue weighted by Crippen LogP contribution is -2.25. The normalized spacial score (nSPS) is 27.5. The fourth-order valence-corrected chi connectivity index (χ4v) is 3.46. The van der Waals surface area contributed by atoms with Gasteiger partial charge in [-0.15, -0.1) is 0 Å². The molecule has 0 spiro atoms. The predicted molar refractivity (Wildman–Crippen MR) is 99.2 cm³/mol. The second-order valence-corrected chi connectivity index (χ2v) is 7.97. The average molecular weight is 458 g/mol. The Kier molecular flexibility index (Phi) is 5.81. The largest absolute Gasteiger partial charge is 0.492 e. The van der Waals surface area contributed by atoms with Crippen molar-refractivity contribution in [3.8, 4) is 11.5 Å². The molecule has 24 heavy (non-hydrogen) atoms. The molecule has 2 N–H and O–H groups in total. The van der Waals surface area contributed by atoms with Gasteiger partial charge in [0.25, 0.3) is 0 Å². The number of ether oxygens (including phenoxy) is 2. The number of benzene rings is 2. The van der Waals surface area contributed by atoms with Crippen molar-refractivity contribution in [2.45, 2.75) is 21.9 Å². The van der Waals surface area contributed by atoms with Gasteiger partial charge < -0.3 is 19.7 Å². The number of fused-ring (bicyclic) bond motifs is 2. The number of aliphatic hydroxyl groups excluding tert-OH is 2. The lowest BCUT2D eigenvalue weighted by Gasteiger charge is -2.26. The Morgan fingerprint density at radius 2 is 1.08 bits per heavy atom. The summed E-state index contributed by atoms with van der Waals surface area (Å²) in [5.41, 5.74) is 1.73. The third-order valence-electron chi connectivity index (χ3n) is 3.96. The van der Waals surface area contributed by atoms with E-state index in [0.29, 0.717) is 13.2 Å². The van der Waals surface area contributed by atoms with E-state index in [0.717, 1.165) is 22.6 Å². The monoisotopic (exact) mass is 456 g/mol. The first kappa shape index (κ1) is 17.7. The van der Waals surface area contributed by atoms with Gasteiger partial charge in [0.05, 0.1) is 21.9 Å². The number of hydrogen-bond acceptors (Lipinski definition) is 4. The zero-order valence-electron chi connectivity index (χ0n) is 12.8. The molecule has 4 unspecified atom stereocenters. The molecule has 2 aromatic carbocycles. The quantitative estimate of drug-likeness (QED) is 0.591. The third kappa shape index (κ3) is 3.77. The molecule has 4 nitrogen and oxygen atoms in total. The number of alkyl halides is 2. The minimum absolute atomic E-state index is 0.00685. The van der Waals surface area contributed by atoms with Crippen molar-refractivity contribution in [3.63, 3.8) is 0 Å². The Balaban J connectivity index is 0.000000141. The first-order chi connectivity index (χ1) is 11.6. The van der Waals surface area contributed by atoms with Crippen LogP contribution in [0.4, 0.5) is 0 Å². The average Bonchev–Trinajstić information content (AvgIpc) is 2.62. The summed E-state index contributed by atoms with van der Waals surface area (Å²) in [7, 11) is 0. The van der Waals surface area contributed by atoms with Gasteiger partial charge in [0.15, 0.2) is 0 Å². The molecule has 0 saturated heterocycles. The fraction of sp³-hybridized carbons (Fsp3) is 0.333. The van der Waals surface area contributed by atoms with E-state index in [-0.39, 0.29) is 9.65 Å². The molecule has 2 aliphatic heterocycles. The molecule has 0 bridgehead atoms. The van der Waals surface area contributed by atoms with Crippen molar-refractivity contribution >= 4 is 31.9 Å². The van der Waals surface area contributed by atoms with E-state index in [4.69, 9.17) is 9.47 Å².